The molecule has 4 nitrogen and oxygen atoms in total. The molecule has 0 aliphatic carbocycles. The smallest absolute Gasteiger partial charge is 0.203 e. The topological polar surface area (TPSA) is 38.1 Å². The van der Waals surface area contributed by atoms with Crippen LogP contribution in [-0.2, 0) is 7.05 Å². The minimum atomic E-state index is -0.0372. The number of aryl methyl sites for hydroxylation is 2. The molecule has 1 aromatic carbocycles. The SMILES string of the molecule is Cc1cc(C(=O)/C=C/c2ccc(N(C)C)cc2)n(C)n1. The van der Waals surface area contributed by atoms with Crippen LogP contribution in [0.15, 0.2) is 36.4 Å². The third-order valence-corrected chi connectivity index (χ3v) is 3.09. The quantitative estimate of drug-likeness (QED) is 0.632. The molecule has 2 rings (SSSR count). The van der Waals surface area contributed by atoms with Gasteiger partial charge >= 0.3 is 0 Å². The van der Waals surface area contributed by atoms with Crippen LogP contribution in [0.5, 0.6) is 0 Å². The molecular formula is C16H19N3O. The predicted octanol–water partition coefficient (Wildman–Crippen LogP) is 2.69. The fourth-order valence-electron chi connectivity index (χ4n) is 1.98. The average molecular weight is 269 g/mol. The zero-order valence-electron chi connectivity index (χ0n) is 12.3. The number of carbonyl (C=O) groups is 1. The Bertz CT molecular complexity index is 636. The highest BCUT2D eigenvalue weighted by atomic mass is 16.1. The molecule has 0 aliphatic rings. The van der Waals surface area contributed by atoms with Crippen molar-refractivity contribution < 1.29 is 4.79 Å². The van der Waals surface area contributed by atoms with Crippen molar-refractivity contribution in [2.45, 2.75) is 6.92 Å². The standard InChI is InChI=1S/C16H19N3O/c1-12-11-15(19(4)17-12)16(20)10-7-13-5-8-14(9-6-13)18(2)3/h5-11H,1-4H3/b10-7+. The first-order valence-corrected chi connectivity index (χ1v) is 6.48. The molecule has 0 aliphatic heterocycles. The minimum Gasteiger partial charge on any atom is -0.378 e. The van der Waals surface area contributed by atoms with Crippen molar-refractivity contribution in [1.29, 1.82) is 0 Å². The van der Waals surface area contributed by atoms with Crippen molar-refractivity contribution in [3.05, 3.63) is 53.4 Å². The lowest BCUT2D eigenvalue weighted by Gasteiger charge is -2.11. The van der Waals surface area contributed by atoms with Gasteiger partial charge in [0.1, 0.15) is 5.69 Å². The van der Waals surface area contributed by atoms with E-state index in [1.54, 1.807) is 23.9 Å². The van der Waals surface area contributed by atoms with E-state index in [0.29, 0.717) is 5.69 Å². The highest BCUT2D eigenvalue weighted by Gasteiger charge is 2.08. The van der Waals surface area contributed by atoms with Crippen molar-refractivity contribution >= 4 is 17.5 Å². The summed E-state index contributed by atoms with van der Waals surface area (Å²) in [5, 5.41) is 4.17. The third-order valence-electron chi connectivity index (χ3n) is 3.09. The molecule has 0 N–H and O–H groups in total. The molecule has 0 bridgehead atoms. The van der Waals surface area contributed by atoms with E-state index in [0.717, 1.165) is 16.9 Å². The predicted molar refractivity (Wildman–Crippen MR) is 82.1 cm³/mol. The summed E-state index contributed by atoms with van der Waals surface area (Å²) >= 11 is 0. The number of ketones is 1. The first-order valence-electron chi connectivity index (χ1n) is 6.48. The van der Waals surface area contributed by atoms with Crippen LogP contribution in [0.1, 0.15) is 21.7 Å². The van der Waals surface area contributed by atoms with Crippen LogP contribution in [0.4, 0.5) is 5.69 Å². The Morgan fingerprint density at radius 2 is 1.90 bits per heavy atom. The second kappa shape index (κ2) is 5.74. The van der Waals surface area contributed by atoms with E-state index in [9.17, 15) is 4.79 Å². The van der Waals surface area contributed by atoms with Crippen LogP contribution in [0, 0.1) is 6.92 Å². The van der Waals surface area contributed by atoms with E-state index in [1.165, 1.54) is 0 Å². The fraction of sp³-hybridized carbons (Fsp3) is 0.250. The lowest BCUT2D eigenvalue weighted by Crippen LogP contribution is -2.07. The third kappa shape index (κ3) is 3.15. The number of allylic oxidation sites excluding steroid dienone is 1. The fourth-order valence-corrected chi connectivity index (χ4v) is 1.98. The van der Waals surface area contributed by atoms with Crippen molar-refractivity contribution in [3.63, 3.8) is 0 Å². The lowest BCUT2D eigenvalue weighted by molar-refractivity contribution is 0.103. The van der Waals surface area contributed by atoms with Crippen molar-refractivity contribution in [2.75, 3.05) is 19.0 Å². The number of aromatic nitrogens is 2. The molecule has 0 fully saturated rings. The Balaban J connectivity index is 2.13. The molecule has 4 heteroatoms. The van der Waals surface area contributed by atoms with E-state index in [1.807, 2.05) is 56.3 Å². The molecule has 0 radical (unpaired) electrons. The van der Waals surface area contributed by atoms with Crippen molar-refractivity contribution in [3.8, 4) is 0 Å². The summed E-state index contributed by atoms with van der Waals surface area (Å²) in [7, 11) is 5.78. The van der Waals surface area contributed by atoms with Crippen LogP contribution >= 0.6 is 0 Å². The van der Waals surface area contributed by atoms with E-state index in [4.69, 9.17) is 0 Å². The average Bonchev–Trinajstić information content (AvgIpc) is 2.75. The summed E-state index contributed by atoms with van der Waals surface area (Å²) in [6, 6.07) is 9.83. The summed E-state index contributed by atoms with van der Waals surface area (Å²) in [6.07, 6.45) is 3.41. The maximum Gasteiger partial charge on any atom is 0.203 e. The second-order valence-corrected chi connectivity index (χ2v) is 4.98. The lowest BCUT2D eigenvalue weighted by atomic mass is 10.1. The number of hydrogen-bond acceptors (Lipinski definition) is 3. The number of anilines is 1. The number of benzene rings is 1. The van der Waals surface area contributed by atoms with Gasteiger partial charge in [0.05, 0.1) is 5.69 Å². The Kier molecular flexibility index (Phi) is 4.03. The van der Waals surface area contributed by atoms with Gasteiger partial charge in [-0.3, -0.25) is 9.48 Å². The second-order valence-electron chi connectivity index (χ2n) is 4.98. The monoisotopic (exact) mass is 269 g/mol. The molecule has 0 atom stereocenters. The molecule has 0 amide bonds. The molecule has 2 aromatic rings. The molecular weight excluding hydrogens is 250 g/mol. The number of rotatable bonds is 4. The van der Waals surface area contributed by atoms with Gasteiger partial charge in [-0.15, -0.1) is 0 Å². The Hall–Kier alpha value is -2.36. The highest BCUT2D eigenvalue weighted by Crippen LogP contribution is 2.13. The maximum absolute atomic E-state index is 12.1. The van der Waals surface area contributed by atoms with E-state index in [-0.39, 0.29) is 5.78 Å². The first-order chi connectivity index (χ1) is 9.47. The summed E-state index contributed by atoms with van der Waals surface area (Å²) < 4.78 is 1.61. The minimum absolute atomic E-state index is 0.0372. The summed E-state index contributed by atoms with van der Waals surface area (Å²) in [6.45, 7) is 1.88. The highest BCUT2D eigenvalue weighted by molar-refractivity contribution is 6.05. The number of hydrogen-bond donors (Lipinski definition) is 0. The largest absolute Gasteiger partial charge is 0.378 e. The van der Waals surface area contributed by atoms with Crippen LogP contribution in [-0.4, -0.2) is 29.7 Å². The van der Waals surface area contributed by atoms with Crippen LogP contribution in [0.25, 0.3) is 6.08 Å². The van der Waals surface area contributed by atoms with Crippen LogP contribution in [0.2, 0.25) is 0 Å². The summed E-state index contributed by atoms with van der Waals surface area (Å²) in [5.74, 6) is -0.0372. The number of nitrogens with zero attached hydrogens (tertiary/aromatic N) is 3. The molecule has 0 spiro atoms. The van der Waals surface area contributed by atoms with Gasteiger partial charge in [-0.2, -0.15) is 5.10 Å². The molecule has 1 heterocycles. The van der Waals surface area contributed by atoms with Crippen molar-refractivity contribution in [1.82, 2.24) is 9.78 Å². The normalized spacial score (nSPS) is 11.0. The van der Waals surface area contributed by atoms with E-state index < -0.39 is 0 Å². The van der Waals surface area contributed by atoms with Crippen LogP contribution < -0.4 is 4.90 Å². The molecule has 1 aromatic heterocycles. The van der Waals surface area contributed by atoms with Gasteiger partial charge in [-0.25, -0.2) is 0 Å². The van der Waals surface area contributed by atoms with E-state index >= 15 is 0 Å². The van der Waals surface area contributed by atoms with Gasteiger partial charge in [0, 0.05) is 26.8 Å². The molecule has 104 valence electrons. The Morgan fingerprint density at radius 1 is 1.25 bits per heavy atom. The summed E-state index contributed by atoms with van der Waals surface area (Å²) in [4.78, 5) is 14.1. The molecule has 20 heavy (non-hydrogen) atoms. The zero-order chi connectivity index (χ0) is 14.7. The van der Waals surface area contributed by atoms with Gasteiger partial charge in [0.15, 0.2) is 0 Å². The Morgan fingerprint density at radius 3 is 2.40 bits per heavy atom. The van der Waals surface area contributed by atoms with Gasteiger partial charge in [0.2, 0.25) is 5.78 Å². The van der Waals surface area contributed by atoms with Gasteiger partial charge in [0.25, 0.3) is 0 Å². The molecule has 0 saturated heterocycles. The zero-order valence-corrected chi connectivity index (χ0v) is 12.3. The summed E-state index contributed by atoms with van der Waals surface area (Å²) in [5.41, 5.74) is 3.59. The molecule has 0 unspecified atom stereocenters. The van der Waals surface area contributed by atoms with Gasteiger partial charge < -0.3 is 4.90 Å². The molecule has 0 saturated carbocycles. The number of carbonyl (C=O) groups excluding carboxylic acids is 1. The van der Waals surface area contributed by atoms with E-state index in [2.05, 4.69) is 5.10 Å². The van der Waals surface area contributed by atoms with Crippen LogP contribution in [0.3, 0.4) is 0 Å². The maximum atomic E-state index is 12.1. The van der Waals surface area contributed by atoms with Gasteiger partial charge in [-0.05, 0) is 36.8 Å². The first kappa shape index (κ1) is 14.1. The van der Waals surface area contributed by atoms with Crippen molar-refractivity contribution in [2.24, 2.45) is 7.05 Å². The van der Waals surface area contributed by atoms with Gasteiger partial charge in [-0.1, -0.05) is 18.2 Å². The Labute approximate surface area is 119 Å².